The maximum atomic E-state index is 11.6. The molecule has 0 spiro atoms. The number of carbonyl (C=O) groups is 1. The third-order valence-corrected chi connectivity index (χ3v) is 2.83. The van der Waals surface area contributed by atoms with Crippen molar-refractivity contribution in [1.82, 2.24) is 10.2 Å². The van der Waals surface area contributed by atoms with Crippen LogP contribution in [-0.2, 0) is 4.79 Å². The van der Waals surface area contributed by atoms with Gasteiger partial charge in [0.15, 0.2) is 0 Å². The highest BCUT2D eigenvalue weighted by molar-refractivity contribution is 5.83. The van der Waals surface area contributed by atoms with Gasteiger partial charge in [0.1, 0.15) is 0 Å². The number of hydrogen-bond acceptors (Lipinski definition) is 3. The number of aliphatic hydroxyl groups is 1. The molecule has 0 aromatic heterocycles. The molecule has 1 rings (SSSR count). The smallest absolute Gasteiger partial charge is 0.239 e. The summed E-state index contributed by atoms with van der Waals surface area (Å²) < 4.78 is 0. The van der Waals surface area contributed by atoms with E-state index in [0.717, 1.165) is 25.8 Å². The molecule has 0 saturated carbocycles. The van der Waals surface area contributed by atoms with E-state index in [1.165, 1.54) is 0 Å². The predicted molar refractivity (Wildman–Crippen MR) is 55.0 cm³/mol. The molecule has 82 valence electrons. The minimum Gasteiger partial charge on any atom is -0.396 e. The zero-order valence-electron chi connectivity index (χ0n) is 8.99. The summed E-state index contributed by atoms with van der Waals surface area (Å²) in [6.45, 7) is 3.09. The van der Waals surface area contributed by atoms with Crippen LogP contribution in [-0.4, -0.2) is 48.2 Å². The Kier molecular flexibility index (Phi) is 4.35. The lowest BCUT2D eigenvalue weighted by Crippen LogP contribution is -2.43. The van der Waals surface area contributed by atoms with Crippen LogP contribution in [0.2, 0.25) is 0 Å². The van der Waals surface area contributed by atoms with Crippen molar-refractivity contribution >= 4 is 5.91 Å². The quantitative estimate of drug-likeness (QED) is 0.655. The first kappa shape index (κ1) is 11.5. The normalized spacial score (nSPS) is 24.4. The lowest BCUT2D eigenvalue weighted by Gasteiger charge is -2.20. The maximum Gasteiger partial charge on any atom is 0.239 e. The van der Waals surface area contributed by atoms with Gasteiger partial charge in [0, 0.05) is 26.2 Å². The molecule has 0 bridgehead atoms. The van der Waals surface area contributed by atoms with E-state index in [1.54, 1.807) is 4.90 Å². The molecule has 1 heterocycles. The van der Waals surface area contributed by atoms with Gasteiger partial charge in [-0.1, -0.05) is 6.92 Å². The topological polar surface area (TPSA) is 52.6 Å². The molecule has 4 nitrogen and oxygen atoms in total. The van der Waals surface area contributed by atoms with Gasteiger partial charge in [0.25, 0.3) is 0 Å². The molecule has 14 heavy (non-hydrogen) atoms. The minimum atomic E-state index is -0.0310. The molecule has 1 fully saturated rings. The molecule has 0 radical (unpaired) electrons. The molecule has 1 saturated heterocycles. The van der Waals surface area contributed by atoms with Gasteiger partial charge in [0.05, 0.1) is 6.04 Å². The Bertz CT molecular complexity index is 197. The molecular weight excluding hydrogens is 180 g/mol. The SMILES string of the molecule is CCC(CCO)NC1CCN(C)C1=O. The molecule has 0 aromatic carbocycles. The number of carbonyl (C=O) groups excluding carboxylic acids is 1. The second-order valence-corrected chi connectivity index (χ2v) is 3.89. The van der Waals surface area contributed by atoms with Crippen LogP contribution in [0.15, 0.2) is 0 Å². The predicted octanol–water partition coefficient (Wildman–Crippen LogP) is -0.0323. The molecule has 1 aliphatic heterocycles. The van der Waals surface area contributed by atoms with Crippen LogP contribution in [0.5, 0.6) is 0 Å². The number of amides is 1. The Labute approximate surface area is 85.3 Å². The molecule has 0 aliphatic carbocycles. The summed E-state index contributed by atoms with van der Waals surface area (Å²) in [5.41, 5.74) is 0. The fourth-order valence-electron chi connectivity index (χ4n) is 1.82. The highest BCUT2D eigenvalue weighted by Gasteiger charge is 2.29. The van der Waals surface area contributed by atoms with Gasteiger partial charge < -0.3 is 15.3 Å². The van der Waals surface area contributed by atoms with E-state index < -0.39 is 0 Å². The van der Waals surface area contributed by atoms with Crippen LogP contribution in [0, 0.1) is 0 Å². The van der Waals surface area contributed by atoms with E-state index in [1.807, 2.05) is 7.05 Å². The Morgan fingerprint density at radius 3 is 2.86 bits per heavy atom. The monoisotopic (exact) mass is 200 g/mol. The summed E-state index contributed by atoms with van der Waals surface area (Å²) in [4.78, 5) is 13.3. The van der Waals surface area contributed by atoms with E-state index >= 15 is 0 Å². The highest BCUT2D eigenvalue weighted by atomic mass is 16.3. The third-order valence-electron chi connectivity index (χ3n) is 2.83. The molecule has 2 unspecified atom stereocenters. The van der Waals surface area contributed by atoms with Gasteiger partial charge in [-0.25, -0.2) is 0 Å². The Morgan fingerprint density at radius 2 is 2.43 bits per heavy atom. The summed E-state index contributed by atoms with van der Waals surface area (Å²) in [6.07, 6.45) is 2.56. The van der Waals surface area contributed by atoms with Crippen LogP contribution < -0.4 is 5.32 Å². The van der Waals surface area contributed by atoms with Crippen LogP contribution in [0.1, 0.15) is 26.2 Å². The van der Waals surface area contributed by atoms with Crippen molar-refractivity contribution in [2.24, 2.45) is 0 Å². The van der Waals surface area contributed by atoms with Crippen LogP contribution in [0.3, 0.4) is 0 Å². The van der Waals surface area contributed by atoms with Gasteiger partial charge in [-0.2, -0.15) is 0 Å². The molecule has 1 amide bonds. The second kappa shape index (κ2) is 5.32. The first-order valence-electron chi connectivity index (χ1n) is 5.31. The van der Waals surface area contributed by atoms with Crippen molar-refractivity contribution in [3.05, 3.63) is 0 Å². The zero-order valence-corrected chi connectivity index (χ0v) is 8.99. The largest absolute Gasteiger partial charge is 0.396 e. The number of likely N-dealkylation sites (tertiary alicyclic amines) is 1. The van der Waals surface area contributed by atoms with Crippen LogP contribution in [0.4, 0.5) is 0 Å². The molecule has 0 aromatic rings. The number of rotatable bonds is 5. The highest BCUT2D eigenvalue weighted by Crippen LogP contribution is 2.10. The summed E-state index contributed by atoms with van der Waals surface area (Å²) >= 11 is 0. The van der Waals surface area contributed by atoms with Gasteiger partial charge >= 0.3 is 0 Å². The second-order valence-electron chi connectivity index (χ2n) is 3.89. The maximum absolute atomic E-state index is 11.6. The van der Waals surface area contributed by atoms with Crippen molar-refractivity contribution in [3.63, 3.8) is 0 Å². The molecule has 2 atom stereocenters. The lowest BCUT2D eigenvalue weighted by atomic mass is 10.1. The standard InChI is InChI=1S/C10H20N2O2/c1-3-8(5-7-13)11-9-4-6-12(2)10(9)14/h8-9,11,13H,3-7H2,1-2H3. The van der Waals surface area contributed by atoms with Gasteiger partial charge in [-0.15, -0.1) is 0 Å². The average molecular weight is 200 g/mol. The lowest BCUT2D eigenvalue weighted by molar-refractivity contribution is -0.128. The van der Waals surface area contributed by atoms with Gasteiger partial charge in [0.2, 0.25) is 5.91 Å². The molecule has 4 heteroatoms. The van der Waals surface area contributed by atoms with E-state index in [4.69, 9.17) is 5.11 Å². The Hall–Kier alpha value is -0.610. The first-order chi connectivity index (χ1) is 6.69. The van der Waals surface area contributed by atoms with Crippen LogP contribution in [0.25, 0.3) is 0 Å². The average Bonchev–Trinajstić information content (AvgIpc) is 2.49. The number of nitrogens with one attached hydrogen (secondary N) is 1. The van der Waals surface area contributed by atoms with Gasteiger partial charge in [-0.05, 0) is 19.3 Å². The van der Waals surface area contributed by atoms with Crippen LogP contribution >= 0.6 is 0 Å². The number of nitrogens with zero attached hydrogens (tertiary/aromatic N) is 1. The van der Waals surface area contributed by atoms with Crippen molar-refractivity contribution in [3.8, 4) is 0 Å². The minimum absolute atomic E-state index is 0.0310. The number of hydrogen-bond donors (Lipinski definition) is 2. The first-order valence-corrected chi connectivity index (χ1v) is 5.31. The Balaban J connectivity index is 2.39. The summed E-state index contributed by atoms with van der Waals surface area (Å²) in [5.74, 6) is 0.182. The number of aliphatic hydroxyl groups excluding tert-OH is 1. The summed E-state index contributed by atoms with van der Waals surface area (Å²) in [6, 6.07) is 0.233. The summed E-state index contributed by atoms with van der Waals surface area (Å²) in [7, 11) is 1.83. The van der Waals surface area contributed by atoms with Crippen molar-refractivity contribution < 1.29 is 9.90 Å². The van der Waals surface area contributed by atoms with Crippen molar-refractivity contribution in [1.29, 1.82) is 0 Å². The molecule has 1 aliphatic rings. The van der Waals surface area contributed by atoms with E-state index in [-0.39, 0.29) is 24.6 Å². The van der Waals surface area contributed by atoms with Crippen molar-refractivity contribution in [2.75, 3.05) is 20.2 Å². The fourth-order valence-corrected chi connectivity index (χ4v) is 1.82. The van der Waals surface area contributed by atoms with E-state index in [2.05, 4.69) is 12.2 Å². The summed E-state index contributed by atoms with van der Waals surface area (Å²) in [5, 5.41) is 12.1. The van der Waals surface area contributed by atoms with E-state index in [0.29, 0.717) is 0 Å². The van der Waals surface area contributed by atoms with E-state index in [9.17, 15) is 4.79 Å². The Morgan fingerprint density at radius 1 is 1.71 bits per heavy atom. The van der Waals surface area contributed by atoms with Crippen molar-refractivity contribution in [2.45, 2.75) is 38.3 Å². The number of likely N-dealkylation sites (N-methyl/N-ethyl adjacent to an activating group) is 1. The molecule has 2 N–H and O–H groups in total. The van der Waals surface area contributed by atoms with Gasteiger partial charge in [-0.3, -0.25) is 4.79 Å². The molecular formula is C10H20N2O2. The third kappa shape index (κ3) is 2.69. The fraction of sp³-hybridized carbons (Fsp3) is 0.900. The zero-order chi connectivity index (χ0) is 10.6.